The third kappa shape index (κ3) is 4.90. The number of rotatable bonds is 6. The van der Waals surface area contributed by atoms with Gasteiger partial charge in [0.05, 0.1) is 10.6 Å². The molecule has 0 saturated carbocycles. The van der Waals surface area contributed by atoms with Gasteiger partial charge in [0.1, 0.15) is 0 Å². The van der Waals surface area contributed by atoms with Crippen molar-refractivity contribution in [2.45, 2.75) is 10.1 Å². The maximum Gasteiger partial charge on any atom is 0.238 e. The van der Waals surface area contributed by atoms with E-state index in [4.69, 9.17) is 16.7 Å². The summed E-state index contributed by atoms with van der Waals surface area (Å²) >= 11 is 7.11. The Morgan fingerprint density at radius 1 is 1.21 bits per heavy atom. The summed E-state index contributed by atoms with van der Waals surface area (Å²) in [4.78, 5) is 12.1. The zero-order chi connectivity index (χ0) is 20.3. The zero-order valence-corrected chi connectivity index (χ0v) is 17.1. The molecule has 0 saturated heterocycles. The Kier molecular flexibility index (Phi) is 6.04. The van der Waals surface area contributed by atoms with E-state index in [-0.39, 0.29) is 16.6 Å². The van der Waals surface area contributed by atoms with Gasteiger partial charge >= 0.3 is 0 Å². The van der Waals surface area contributed by atoms with Gasteiger partial charge in [-0.2, -0.15) is 0 Å². The number of nitrogens with two attached hydrogens (primary N) is 1. The number of amides is 1. The summed E-state index contributed by atoms with van der Waals surface area (Å²) in [7, 11) is -2.03. The second-order valence-corrected chi connectivity index (χ2v) is 8.72. The van der Waals surface area contributed by atoms with Crippen molar-refractivity contribution in [2.24, 2.45) is 12.2 Å². The Hall–Kier alpha value is -2.40. The quantitative estimate of drug-likeness (QED) is 0.571. The lowest BCUT2D eigenvalue weighted by Gasteiger charge is -2.07. The van der Waals surface area contributed by atoms with Gasteiger partial charge in [0, 0.05) is 23.3 Å². The predicted octanol–water partition coefficient (Wildman–Crippen LogP) is 2.51. The zero-order valence-electron chi connectivity index (χ0n) is 14.7. The topological polar surface area (TPSA) is 120 Å². The van der Waals surface area contributed by atoms with E-state index in [9.17, 15) is 13.2 Å². The number of nitrogens with one attached hydrogen (secondary N) is 1. The molecule has 1 amide bonds. The van der Waals surface area contributed by atoms with Crippen molar-refractivity contribution in [1.82, 2.24) is 14.8 Å². The van der Waals surface area contributed by atoms with Crippen LogP contribution in [0.3, 0.4) is 0 Å². The molecule has 0 aliphatic rings. The summed E-state index contributed by atoms with van der Waals surface area (Å²) < 4.78 is 24.6. The molecule has 8 nitrogen and oxygen atoms in total. The highest BCUT2D eigenvalue weighted by atomic mass is 35.5. The first kappa shape index (κ1) is 20.3. The molecule has 11 heteroatoms. The van der Waals surface area contributed by atoms with Crippen LogP contribution in [-0.4, -0.2) is 34.8 Å². The molecule has 0 aliphatic heterocycles. The van der Waals surface area contributed by atoms with Crippen molar-refractivity contribution in [1.29, 1.82) is 0 Å². The lowest BCUT2D eigenvalue weighted by Crippen LogP contribution is -2.16. The molecule has 3 aromatic rings. The largest absolute Gasteiger partial charge is 0.325 e. The second-order valence-electron chi connectivity index (χ2n) is 5.78. The van der Waals surface area contributed by atoms with Crippen LogP contribution < -0.4 is 10.5 Å². The molecule has 0 radical (unpaired) electrons. The molecule has 28 heavy (non-hydrogen) atoms. The number of hydrogen-bond acceptors (Lipinski definition) is 6. The Morgan fingerprint density at radius 3 is 2.61 bits per heavy atom. The van der Waals surface area contributed by atoms with E-state index >= 15 is 0 Å². The molecule has 3 N–H and O–H groups in total. The number of anilines is 1. The number of aromatic nitrogens is 3. The average Bonchev–Trinajstić information content (AvgIpc) is 3.01. The van der Waals surface area contributed by atoms with Gasteiger partial charge in [-0.3, -0.25) is 4.79 Å². The summed E-state index contributed by atoms with van der Waals surface area (Å²) in [6, 6.07) is 13.0. The van der Waals surface area contributed by atoms with Gasteiger partial charge in [-0.25, -0.2) is 13.6 Å². The molecule has 2 aromatic carbocycles. The number of thioether (sulfide) groups is 1. The van der Waals surface area contributed by atoms with E-state index in [0.717, 1.165) is 5.56 Å². The van der Waals surface area contributed by atoms with Gasteiger partial charge in [0.2, 0.25) is 15.9 Å². The Bertz CT molecular complexity index is 1110. The smallest absolute Gasteiger partial charge is 0.238 e. The van der Waals surface area contributed by atoms with Crippen LogP contribution in [-0.2, 0) is 21.9 Å². The standard InChI is InChI=1S/C17H16ClN5O3S2/c1-23-16(11-5-7-12(18)8-6-11)21-22-17(23)27-10-15(24)20-13-3-2-4-14(9-13)28(19,25)26/h2-9H,10H2,1H3,(H,20,24)(H2,19,25,26). The Labute approximate surface area is 171 Å². The minimum atomic E-state index is -3.83. The maximum atomic E-state index is 12.2. The van der Waals surface area contributed by atoms with Gasteiger partial charge in [-0.05, 0) is 42.5 Å². The van der Waals surface area contributed by atoms with Crippen LogP contribution in [0.4, 0.5) is 5.69 Å². The summed E-state index contributed by atoms with van der Waals surface area (Å²) in [5.74, 6) is 0.416. The SMILES string of the molecule is Cn1c(SCC(=O)Nc2cccc(S(N)(=O)=O)c2)nnc1-c1ccc(Cl)cc1. The van der Waals surface area contributed by atoms with Crippen LogP contribution in [0.5, 0.6) is 0 Å². The summed E-state index contributed by atoms with van der Waals surface area (Å²) in [5.41, 5.74) is 1.20. The molecule has 3 rings (SSSR count). The van der Waals surface area contributed by atoms with E-state index in [1.807, 2.05) is 12.1 Å². The lowest BCUT2D eigenvalue weighted by molar-refractivity contribution is -0.113. The number of benzene rings is 2. The van der Waals surface area contributed by atoms with E-state index in [2.05, 4.69) is 15.5 Å². The number of nitrogens with zero attached hydrogens (tertiary/aromatic N) is 3. The first-order chi connectivity index (χ1) is 13.2. The number of primary sulfonamides is 1. The Morgan fingerprint density at radius 2 is 1.93 bits per heavy atom. The molecule has 0 unspecified atom stereocenters. The van der Waals surface area contributed by atoms with Crippen molar-refractivity contribution in [2.75, 3.05) is 11.1 Å². The fourth-order valence-electron chi connectivity index (χ4n) is 2.37. The van der Waals surface area contributed by atoms with Gasteiger partial charge in [-0.15, -0.1) is 10.2 Å². The van der Waals surface area contributed by atoms with Gasteiger partial charge in [-0.1, -0.05) is 29.4 Å². The summed E-state index contributed by atoms with van der Waals surface area (Å²) in [5, 5.41) is 17.2. The van der Waals surface area contributed by atoms with Crippen molar-refractivity contribution in [3.63, 3.8) is 0 Å². The van der Waals surface area contributed by atoms with Crippen LogP contribution in [0.2, 0.25) is 5.02 Å². The van der Waals surface area contributed by atoms with Gasteiger partial charge in [0.15, 0.2) is 11.0 Å². The highest BCUT2D eigenvalue weighted by molar-refractivity contribution is 7.99. The molecule has 1 aromatic heterocycles. The van der Waals surface area contributed by atoms with E-state index < -0.39 is 10.0 Å². The first-order valence-electron chi connectivity index (χ1n) is 7.95. The van der Waals surface area contributed by atoms with Crippen LogP contribution in [0, 0.1) is 0 Å². The summed E-state index contributed by atoms with van der Waals surface area (Å²) in [6.07, 6.45) is 0. The van der Waals surface area contributed by atoms with Crippen LogP contribution in [0.25, 0.3) is 11.4 Å². The van der Waals surface area contributed by atoms with E-state index in [1.165, 1.54) is 30.0 Å². The molecule has 0 aliphatic carbocycles. The molecular formula is C17H16ClN5O3S2. The fourth-order valence-corrected chi connectivity index (χ4v) is 3.77. The lowest BCUT2D eigenvalue weighted by atomic mass is 10.2. The first-order valence-corrected chi connectivity index (χ1v) is 10.9. The van der Waals surface area contributed by atoms with Crippen molar-refractivity contribution >= 4 is 45.0 Å². The third-order valence-corrected chi connectivity index (χ3v) is 5.90. The van der Waals surface area contributed by atoms with Gasteiger partial charge < -0.3 is 9.88 Å². The van der Waals surface area contributed by atoms with Crippen LogP contribution in [0.15, 0.2) is 58.6 Å². The molecule has 0 bridgehead atoms. The fraction of sp³-hybridized carbons (Fsp3) is 0.118. The molecule has 0 atom stereocenters. The minimum absolute atomic E-state index is 0.0705. The Balaban J connectivity index is 1.65. The van der Waals surface area contributed by atoms with Crippen molar-refractivity contribution in [3.8, 4) is 11.4 Å². The predicted molar refractivity (Wildman–Crippen MR) is 109 cm³/mol. The minimum Gasteiger partial charge on any atom is -0.325 e. The van der Waals surface area contributed by atoms with E-state index in [1.54, 1.807) is 29.8 Å². The highest BCUT2D eigenvalue weighted by Gasteiger charge is 2.14. The number of halogens is 1. The van der Waals surface area contributed by atoms with Gasteiger partial charge in [0.25, 0.3) is 0 Å². The molecule has 0 fully saturated rings. The molecule has 0 spiro atoms. The molecule has 146 valence electrons. The molecular weight excluding hydrogens is 422 g/mol. The van der Waals surface area contributed by atoms with Crippen molar-refractivity contribution in [3.05, 3.63) is 53.6 Å². The maximum absolute atomic E-state index is 12.2. The second kappa shape index (κ2) is 8.31. The number of carbonyl (C=O) groups is 1. The number of hydrogen-bond donors (Lipinski definition) is 2. The van der Waals surface area contributed by atoms with Crippen LogP contribution >= 0.6 is 23.4 Å². The molecule has 1 heterocycles. The van der Waals surface area contributed by atoms with Crippen LogP contribution in [0.1, 0.15) is 0 Å². The van der Waals surface area contributed by atoms with E-state index in [0.29, 0.717) is 21.7 Å². The third-order valence-electron chi connectivity index (χ3n) is 3.72. The summed E-state index contributed by atoms with van der Waals surface area (Å²) in [6.45, 7) is 0. The average molecular weight is 438 g/mol. The number of sulfonamides is 1. The normalized spacial score (nSPS) is 11.4. The monoisotopic (exact) mass is 437 g/mol. The number of carbonyl (C=O) groups excluding carboxylic acids is 1. The van der Waals surface area contributed by atoms with Crippen molar-refractivity contribution < 1.29 is 13.2 Å². The highest BCUT2D eigenvalue weighted by Crippen LogP contribution is 2.24.